The molecule has 0 radical (unpaired) electrons. The molecule has 0 aliphatic heterocycles. The van der Waals surface area contributed by atoms with Crippen molar-refractivity contribution < 1.29 is 9.59 Å². The largest absolute Gasteiger partial charge is 0.350 e. The Balaban J connectivity index is 2.81. The van der Waals surface area contributed by atoms with Crippen molar-refractivity contribution in [3.63, 3.8) is 0 Å². The summed E-state index contributed by atoms with van der Waals surface area (Å²) < 4.78 is 0. The van der Waals surface area contributed by atoms with E-state index in [4.69, 9.17) is 5.73 Å². The monoisotopic (exact) mass is 269 g/mol. The van der Waals surface area contributed by atoms with Crippen molar-refractivity contribution in [1.29, 1.82) is 0 Å². The first-order valence-electron chi connectivity index (χ1n) is 7.19. The highest BCUT2D eigenvalue weighted by molar-refractivity contribution is 5.81. The van der Waals surface area contributed by atoms with Crippen molar-refractivity contribution in [1.82, 2.24) is 10.2 Å². The second-order valence-electron chi connectivity index (χ2n) is 5.78. The second-order valence-corrected chi connectivity index (χ2v) is 5.78. The number of rotatable bonds is 4. The predicted molar refractivity (Wildman–Crippen MR) is 75.5 cm³/mol. The molecule has 0 spiro atoms. The van der Waals surface area contributed by atoms with Gasteiger partial charge in [-0.1, -0.05) is 12.8 Å². The molecular formula is C14H27N3O2. The summed E-state index contributed by atoms with van der Waals surface area (Å²) in [5.74, 6) is -0.0638. The van der Waals surface area contributed by atoms with E-state index in [9.17, 15) is 9.59 Å². The third kappa shape index (κ3) is 4.20. The first kappa shape index (κ1) is 16.0. The molecule has 1 aliphatic rings. The van der Waals surface area contributed by atoms with Gasteiger partial charge in [0, 0.05) is 19.0 Å². The molecule has 5 heteroatoms. The van der Waals surface area contributed by atoms with Crippen molar-refractivity contribution in [2.75, 3.05) is 0 Å². The van der Waals surface area contributed by atoms with Crippen LogP contribution in [0.1, 0.15) is 53.4 Å². The van der Waals surface area contributed by atoms with E-state index in [0.29, 0.717) is 0 Å². The van der Waals surface area contributed by atoms with Crippen LogP contribution in [-0.4, -0.2) is 40.9 Å². The lowest BCUT2D eigenvalue weighted by molar-refractivity contribution is -0.136. The van der Waals surface area contributed by atoms with E-state index in [1.54, 1.807) is 13.8 Å². The number of carbonyl (C=O) groups excluding carboxylic acids is 2. The van der Waals surface area contributed by atoms with Gasteiger partial charge in [-0.25, -0.2) is 0 Å². The minimum absolute atomic E-state index is 0.0264. The van der Waals surface area contributed by atoms with Crippen LogP contribution in [0.15, 0.2) is 0 Å². The zero-order valence-electron chi connectivity index (χ0n) is 12.5. The summed E-state index contributed by atoms with van der Waals surface area (Å²) in [6, 6.07) is -0.241. The molecule has 0 aromatic rings. The molecular weight excluding hydrogens is 242 g/mol. The molecule has 19 heavy (non-hydrogen) atoms. The van der Waals surface area contributed by atoms with Crippen LogP contribution in [0.3, 0.4) is 0 Å². The van der Waals surface area contributed by atoms with Gasteiger partial charge < -0.3 is 16.0 Å². The summed E-state index contributed by atoms with van der Waals surface area (Å²) in [7, 11) is 0. The Morgan fingerprint density at radius 3 is 2.26 bits per heavy atom. The molecule has 0 bridgehead atoms. The van der Waals surface area contributed by atoms with Crippen molar-refractivity contribution in [2.45, 2.75) is 77.5 Å². The van der Waals surface area contributed by atoms with Gasteiger partial charge >= 0.3 is 0 Å². The van der Waals surface area contributed by atoms with E-state index in [-0.39, 0.29) is 29.9 Å². The van der Waals surface area contributed by atoms with Crippen LogP contribution in [0, 0.1) is 0 Å². The SMILES string of the molecule is CC(=O)N(C(C)C)C1CCCCC1NC(=O)C(C)N. The zero-order chi connectivity index (χ0) is 14.6. The molecule has 0 heterocycles. The average molecular weight is 269 g/mol. The van der Waals surface area contributed by atoms with Crippen molar-refractivity contribution in [2.24, 2.45) is 5.73 Å². The third-order valence-corrected chi connectivity index (χ3v) is 3.75. The average Bonchev–Trinajstić information content (AvgIpc) is 2.30. The number of hydrogen-bond acceptors (Lipinski definition) is 3. The van der Waals surface area contributed by atoms with Gasteiger partial charge in [-0.2, -0.15) is 0 Å². The quantitative estimate of drug-likeness (QED) is 0.800. The Bertz CT molecular complexity index is 329. The van der Waals surface area contributed by atoms with E-state index in [1.807, 2.05) is 18.7 Å². The van der Waals surface area contributed by atoms with Crippen molar-refractivity contribution in [3.8, 4) is 0 Å². The molecule has 1 saturated carbocycles. The van der Waals surface area contributed by atoms with Gasteiger partial charge in [0.15, 0.2) is 0 Å². The lowest BCUT2D eigenvalue weighted by atomic mass is 9.88. The first-order chi connectivity index (χ1) is 8.84. The lowest BCUT2D eigenvalue weighted by Crippen LogP contribution is -2.58. The number of nitrogens with zero attached hydrogens (tertiary/aromatic N) is 1. The van der Waals surface area contributed by atoms with Crippen LogP contribution >= 0.6 is 0 Å². The van der Waals surface area contributed by atoms with E-state index in [0.717, 1.165) is 25.7 Å². The number of hydrogen-bond donors (Lipinski definition) is 2. The van der Waals surface area contributed by atoms with Crippen molar-refractivity contribution in [3.05, 3.63) is 0 Å². The van der Waals surface area contributed by atoms with E-state index in [2.05, 4.69) is 5.32 Å². The standard InChI is InChI=1S/C14H27N3O2/c1-9(2)17(11(4)18)13-8-6-5-7-12(13)16-14(19)10(3)15/h9-10,12-13H,5-8,15H2,1-4H3,(H,16,19). The van der Waals surface area contributed by atoms with Gasteiger partial charge in [-0.05, 0) is 33.6 Å². The number of nitrogens with two attached hydrogens (primary N) is 1. The smallest absolute Gasteiger partial charge is 0.236 e. The van der Waals surface area contributed by atoms with Gasteiger partial charge in [0.2, 0.25) is 11.8 Å². The summed E-state index contributed by atoms with van der Waals surface area (Å²) in [4.78, 5) is 25.5. The molecule has 0 aromatic heterocycles. The van der Waals surface area contributed by atoms with Crippen LogP contribution in [0.25, 0.3) is 0 Å². The Morgan fingerprint density at radius 1 is 1.21 bits per heavy atom. The van der Waals surface area contributed by atoms with Gasteiger partial charge in [0.1, 0.15) is 0 Å². The highest BCUT2D eigenvalue weighted by Gasteiger charge is 2.34. The van der Waals surface area contributed by atoms with Gasteiger partial charge in [0.05, 0.1) is 12.1 Å². The van der Waals surface area contributed by atoms with Crippen LogP contribution in [-0.2, 0) is 9.59 Å². The van der Waals surface area contributed by atoms with Crippen LogP contribution in [0.4, 0.5) is 0 Å². The Hall–Kier alpha value is -1.10. The molecule has 3 unspecified atom stereocenters. The van der Waals surface area contributed by atoms with E-state index >= 15 is 0 Å². The van der Waals surface area contributed by atoms with Crippen LogP contribution in [0.2, 0.25) is 0 Å². The summed E-state index contributed by atoms with van der Waals surface area (Å²) in [5.41, 5.74) is 5.60. The highest BCUT2D eigenvalue weighted by Crippen LogP contribution is 2.25. The summed E-state index contributed by atoms with van der Waals surface area (Å²) >= 11 is 0. The molecule has 3 atom stereocenters. The Morgan fingerprint density at radius 2 is 1.79 bits per heavy atom. The molecule has 0 aromatic carbocycles. The van der Waals surface area contributed by atoms with Crippen LogP contribution < -0.4 is 11.1 Å². The van der Waals surface area contributed by atoms with Gasteiger partial charge in [-0.15, -0.1) is 0 Å². The fourth-order valence-corrected chi connectivity index (χ4v) is 2.91. The molecule has 2 amide bonds. The summed E-state index contributed by atoms with van der Waals surface area (Å²) in [6.07, 6.45) is 4.05. The maximum absolute atomic E-state index is 11.8. The highest BCUT2D eigenvalue weighted by atomic mass is 16.2. The fourth-order valence-electron chi connectivity index (χ4n) is 2.91. The number of carbonyl (C=O) groups is 2. The molecule has 0 saturated heterocycles. The third-order valence-electron chi connectivity index (χ3n) is 3.75. The second kappa shape index (κ2) is 6.89. The maximum atomic E-state index is 11.8. The molecule has 1 rings (SSSR count). The van der Waals surface area contributed by atoms with Crippen LogP contribution in [0.5, 0.6) is 0 Å². The van der Waals surface area contributed by atoms with E-state index < -0.39 is 6.04 Å². The van der Waals surface area contributed by atoms with Gasteiger partial charge in [-0.3, -0.25) is 9.59 Å². The molecule has 1 fully saturated rings. The first-order valence-corrected chi connectivity index (χ1v) is 7.19. The lowest BCUT2D eigenvalue weighted by Gasteiger charge is -2.42. The molecule has 110 valence electrons. The van der Waals surface area contributed by atoms with Gasteiger partial charge in [0.25, 0.3) is 0 Å². The summed E-state index contributed by atoms with van der Waals surface area (Å²) in [6.45, 7) is 7.30. The summed E-state index contributed by atoms with van der Waals surface area (Å²) in [5, 5.41) is 3.00. The minimum atomic E-state index is -0.507. The normalized spacial score (nSPS) is 24.9. The Kier molecular flexibility index (Phi) is 5.79. The Labute approximate surface area is 115 Å². The zero-order valence-corrected chi connectivity index (χ0v) is 12.5. The molecule has 3 N–H and O–H groups in total. The predicted octanol–water partition coefficient (Wildman–Crippen LogP) is 1.02. The van der Waals surface area contributed by atoms with Crippen molar-refractivity contribution >= 4 is 11.8 Å². The van der Waals surface area contributed by atoms with E-state index in [1.165, 1.54) is 0 Å². The molecule has 1 aliphatic carbocycles. The maximum Gasteiger partial charge on any atom is 0.236 e. The minimum Gasteiger partial charge on any atom is -0.350 e. The fraction of sp³-hybridized carbons (Fsp3) is 0.857. The number of amides is 2. The molecule has 5 nitrogen and oxygen atoms in total. The topological polar surface area (TPSA) is 75.4 Å². The number of nitrogens with one attached hydrogen (secondary N) is 1.